The molecular weight excluding hydrogens is 386 g/mol. The number of imidazole rings is 1. The molecule has 0 aliphatic rings. The molecule has 3 rings (SSSR count). The van der Waals surface area contributed by atoms with Gasteiger partial charge in [0.1, 0.15) is 5.82 Å². The molecule has 0 N–H and O–H groups in total. The number of fused-ring (bicyclic) bond motifs is 1. The Morgan fingerprint density at radius 2 is 1.87 bits per heavy atom. The fourth-order valence-electron chi connectivity index (χ4n) is 3.69. The van der Waals surface area contributed by atoms with E-state index in [2.05, 4.69) is 30.6 Å². The lowest BCUT2D eigenvalue weighted by atomic mass is 10.1. The molecule has 158 valence electrons. The van der Waals surface area contributed by atoms with Crippen LogP contribution in [0.1, 0.15) is 47.6 Å². The van der Waals surface area contributed by atoms with Gasteiger partial charge < -0.3 is 9.47 Å². The maximum Gasteiger partial charge on any atom is 0.253 e. The molecule has 0 aliphatic carbocycles. The molecule has 0 bridgehead atoms. The van der Waals surface area contributed by atoms with Crippen LogP contribution in [0.3, 0.4) is 0 Å². The summed E-state index contributed by atoms with van der Waals surface area (Å²) in [5.74, 6) is 1.22. The SMILES string of the molecule is CC(C)CN(CCC#N)C(=O)c1ccc2c(c1)nc(CCc1ccc(C#N)cc1)n2C. The molecule has 1 heterocycles. The van der Waals surface area contributed by atoms with E-state index in [9.17, 15) is 4.79 Å². The monoisotopic (exact) mass is 413 g/mol. The Morgan fingerprint density at radius 3 is 2.52 bits per heavy atom. The number of amides is 1. The minimum Gasteiger partial charge on any atom is -0.337 e. The molecule has 1 aromatic heterocycles. The molecule has 0 saturated heterocycles. The average Bonchev–Trinajstić information content (AvgIpc) is 3.09. The van der Waals surface area contributed by atoms with Gasteiger partial charge in [-0.2, -0.15) is 10.5 Å². The minimum absolute atomic E-state index is 0.0596. The first-order valence-electron chi connectivity index (χ1n) is 10.5. The van der Waals surface area contributed by atoms with Crippen LogP contribution >= 0.6 is 0 Å². The van der Waals surface area contributed by atoms with Crippen molar-refractivity contribution in [2.75, 3.05) is 13.1 Å². The number of hydrogen-bond acceptors (Lipinski definition) is 4. The third kappa shape index (κ3) is 5.29. The molecule has 0 atom stereocenters. The zero-order valence-electron chi connectivity index (χ0n) is 18.3. The van der Waals surface area contributed by atoms with Gasteiger partial charge in [-0.15, -0.1) is 0 Å². The van der Waals surface area contributed by atoms with E-state index in [1.807, 2.05) is 49.5 Å². The van der Waals surface area contributed by atoms with E-state index in [-0.39, 0.29) is 5.91 Å². The third-order valence-electron chi connectivity index (χ3n) is 5.31. The highest BCUT2D eigenvalue weighted by Gasteiger charge is 2.18. The first-order chi connectivity index (χ1) is 14.9. The Labute approximate surface area is 183 Å². The van der Waals surface area contributed by atoms with Crippen molar-refractivity contribution in [3.8, 4) is 12.1 Å². The van der Waals surface area contributed by atoms with Gasteiger partial charge in [0, 0.05) is 32.1 Å². The summed E-state index contributed by atoms with van der Waals surface area (Å²) in [5, 5.41) is 17.9. The summed E-state index contributed by atoms with van der Waals surface area (Å²) in [6, 6.07) is 17.5. The number of nitriles is 2. The van der Waals surface area contributed by atoms with E-state index >= 15 is 0 Å². The second kappa shape index (κ2) is 9.91. The first kappa shape index (κ1) is 22.1. The number of aryl methyl sites for hydroxylation is 3. The van der Waals surface area contributed by atoms with Crippen LogP contribution in [0.15, 0.2) is 42.5 Å². The first-order valence-corrected chi connectivity index (χ1v) is 10.5. The lowest BCUT2D eigenvalue weighted by Crippen LogP contribution is -2.35. The zero-order valence-corrected chi connectivity index (χ0v) is 18.3. The summed E-state index contributed by atoms with van der Waals surface area (Å²) in [6.45, 7) is 5.18. The molecular formula is C25H27N5O. The van der Waals surface area contributed by atoms with E-state index in [1.54, 1.807) is 4.90 Å². The van der Waals surface area contributed by atoms with Crippen molar-refractivity contribution in [2.24, 2.45) is 13.0 Å². The quantitative estimate of drug-likeness (QED) is 0.553. The molecule has 6 nitrogen and oxygen atoms in total. The van der Waals surface area contributed by atoms with Crippen molar-refractivity contribution >= 4 is 16.9 Å². The summed E-state index contributed by atoms with van der Waals surface area (Å²) in [6.07, 6.45) is 1.91. The summed E-state index contributed by atoms with van der Waals surface area (Å²) in [4.78, 5) is 19.6. The van der Waals surface area contributed by atoms with E-state index in [0.29, 0.717) is 36.6 Å². The lowest BCUT2D eigenvalue weighted by molar-refractivity contribution is 0.0740. The fraction of sp³-hybridized carbons (Fsp3) is 0.360. The molecule has 2 aromatic carbocycles. The van der Waals surface area contributed by atoms with Crippen LogP contribution in [0.5, 0.6) is 0 Å². The lowest BCUT2D eigenvalue weighted by Gasteiger charge is -2.23. The molecule has 0 unspecified atom stereocenters. The molecule has 0 saturated carbocycles. The van der Waals surface area contributed by atoms with Crippen LogP contribution in [0.4, 0.5) is 0 Å². The maximum atomic E-state index is 13.0. The van der Waals surface area contributed by atoms with Crippen molar-refractivity contribution in [3.63, 3.8) is 0 Å². The Kier molecular flexibility index (Phi) is 7.05. The minimum atomic E-state index is -0.0596. The highest BCUT2D eigenvalue weighted by molar-refractivity contribution is 5.97. The van der Waals surface area contributed by atoms with E-state index < -0.39 is 0 Å². The van der Waals surface area contributed by atoms with Gasteiger partial charge in [-0.05, 0) is 48.2 Å². The van der Waals surface area contributed by atoms with Crippen LogP contribution in [-0.4, -0.2) is 33.4 Å². The third-order valence-corrected chi connectivity index (χ3v) is 5.31. The highest BCUT2D eigenvalue weighted by Crippen LogP contribution is 2.20. The van der Waals surface area contributed by atoms with Gasteiger partial charge in [0.15, 0.2) is 0 Å². The molecule has 6 heteroatoms. The van der Waals surface area contributed by atoms with Crippen molar-refractivity contribution in [1.29, 1.82) is 10.5 Å². The normalized spacial score (nSPS) is 10.8. The van der Waals surface area contributed by atoms with Gasteiger partial charge in [-0.1, -0.05) is 26.0 Å². The topological polar surface area (TPSA) is 85.7 Å². The van der Waals surface area contributed by atoms with Gasteiger partial charge in [-0.25, -0.2) is 4.98 Å². The second-order valence-corrected chi connectivity index (χ2v) is 8.15. The Hall–Kier alpha value is -3.64. The largest absolute Gasteiger partial charge is 0.337 e. The number of hydrogen-bond donors (Lipinski definition) is 0. The van der Waals surface area contributed by atoms with Gasteiger partial charge in [-0.3, -0.25) is 4.79 Å². The number of rotatable bonds is 8. The van der Waals surface area contributed by atoms with Gasteiger partial charge in [0.2, 0.25) is 0 Å². The second-order valence-electron chi connectivity index (χ2n) is 8.15. The van der Waals surface area contributed by atoms with Crippen LogP contribution in [0.2, 0.25) is 0 Å². The molecule has 0 fully saturated rings. The summed E-state index contributed by atoms with van der Waals surface area (Å²) in [7, 11) is 1.99. The standard InChI is InChI=1S/C25H27N5O/c1-18(2)17-30(14-4-13-26)25(31)21-10-11-23-22(15-21)28-24(29(23)3)12-9-19-5-7-20(16-27)8-6-19/h5-8,10-11,15,18H,4,9,12,14,17H2,1-3H3. The molecule has 0 aliphatic heterocycles. The van der Waals surface area contributed by atoms with Crippen molar-refractivity contribution in [1.82, 2.24) is 14.5 Å². The predicted octanol–water partition coefficient (Wildman–Crippen LogP) is 4.24. The maximum absolute atomic E-state index is 13.0. The van der Waals surface area contributed by atoms with Crippen LogP contribution < -0.4 is 0 Å². The Bertz CT molecular complexity index is 1150. The van der Waals surface area contributed by atoms with Crippen molar-refractivity contribution in [2.45, 2.75) is 33.1 Å². The molecule has 31 heavy (non-hydrogen) atoms. The summed E-state index contributed by atoms with van der Waals surface area (Å²) < 4.78 is 2.06. The van der Waals surface area contributed by atoms with Gasteiger partial charge >= 0.3 is 0 Å². The predicted molar refractivity (Wildman–Crippen MR) is 120 cm³/mol. The van der Waals surface area contributed by atoms with E-state index in [1.165, 1.54) is 0 Å². The van der Waals surface area contributed by atoms with Gasteiger partial charge in [0.25, 0.3) is 5.91 Å². The highest BCUT2D eigenvalue weighted by atomic mass is 16.2. The summed E-state index contributed by atoms with van der Waals surface area (Å²) >= 11 is 0. The van der Waals surface area contributed by atoms with E-state index in [0.717, 1.165) is 35.3 Å². The zero-order chi connectivity index (χ0) is 22.4. The van der Waals surface area contributed by atoms with Gasteiger partial charge in [0.05, 0.1) is 35.2 Å². The number of carbonyl (C=O) groups is 1. The van der Waals surface area contributed by atoms with Crippen LogP contribution in [0.25, 0.3) is 11.0 Å². The Balaban J connectivity index is 1.79. The summed E-state index contributed by atoms with van der Waals surface area (Å²) in [5.41, 5.74) is 4.20. The molecule has 0 spiro atoms. The molecule has 0 radical (unpaired) electrons. The Morgan fingerprint density at radius 1 is 1.13 bits per heavy atom. The van der Waals surface area contributed by atoms with E-state index in [4.69, 9.17) is 15.5 Å². The number of nitrogens with zero attached hydrogens (tertiary/aromatic N) is 5. The molecule has 1 amide bonds. The molecule has 3 aromatic rings. The van der Waals surface area contributed by atoms with Crippen LogP contribution in [-0.2, 0) is 19.9 Å². The smallest absolute Gasteiger partial charge is 0.253 e. The van der Waals surface area contributed by atoms with Crippen LogP contribution in [0, 0.1) is 28.6 Å². The fourth-order valence-corrected chi connectivity index (χ4v) is 3.69. The number of carbonyl (C=O) groups excluding carboxylic acids is 1. The number of aromatic nitrogens is 2. The average molecular weight is 414 g/mol. The van der Waals surface area contributed by atoms with Crippen molar-refractivity contribution < 1.29 is 4.79 Å². The van der Waals surface area contributed by atoms with Crippen molar-refractivity contribution in [3.05, 3.63) is 65.0 Å². The number of benzene rings is 2.